The van der Waals surface area contributed by atoms with E-state index in [1.54, 1.807) is 11.9 Å². The molecule has 0 spiro atoms. The minimum Gasteiger partial charge on any atom is -0.323 e. The van der Waals surface area contributed by atoms with Crippen LogP contribution < -0.4 is 5.32 Å². The molecule has 0 radical (unpaired) electrons. The molecule has 1 fully saturated rings. The summed E-state index contributed by atoms with van der Waals surface area (Å²) in [6.07, 6.45) is 0. The number of urea groups is 2. The molecule has 0 saturated carbocycles. The van der Waals surface area contributed by atoms with Crippen LogP contribution >= 0.6 is 0 Å². The van der Waals surface area contributed by atoms with E-state index in [0.29, 0.717) is 6.54 Å². The summed E-state index contributed by atoms with van der Waals surface area (Å²) in [4.78, 5) is 26.7. The van der Waals surface area contributed by atoms with Crippen molar-refractivity contribution >= 4 is 17.7 Å². The molecule has 2 rings (SSSR count). The van der Waals surface area contributed by atoms with Gasteiger partial charge in [0.1, 0.15) is 0 Å². The molecule has 4 amide bonds. The molecule has 1 aromatic rings. The number of amides is 4. The molecular weight excluding hydrogens is 230 g/mol. The van der Waals surface area contributed by atoms with Crippen LogP contribution in [0.25, 0.3) is 0 Å². The topological polar surface area (TPSA) is 52.7 Å². The van der Waals surface area contributed by atoms with Crippen molar-refractivity contribution in [3.8, 4) is 0 Å². The number of anilines is 1. The van der Waals surface area contributed by atoms with Crippen LogP contribution in [0.3, 0.4) is 0 Å². The predicted octanol–water partition coefficient (Wildman–Crippen LogP) is 2.28. The van der Waals surface area contributed by atoms with Crippen molar-refractivity contribution in [3.05, 3.63) is 29.8 Å². The molecule has 0 bridgehead atoms. The summed E-state index contributed by atoms with van der Waals surface area (Å²) in [6, 6.07) is 6.92. The number of para-hydroxylation sites is 1. The molecule has 1 aliphatic rings. The number of likely N-dealkylation sites (N-methyl/N-ethyl adjacent to an activating group) is 1. The summed E-state index contributed by atoms with van der Waals surface area (Å²) in [6.45, 7) is 4.25. The Bertz CT molecular complexity index is 487. The maximum absolute atomic E-state index is 12.0. The number of imide groups is 1. The van der Waals surface area contributed by atoms with Crippen molar-refractivity contribution in [2.45, 2.75) is 19.9 Å². The van der Waals surface area contributed by atoms with Crippen LogP contribution in [0.5, 0.6) is 0 Å². The summed E-state index contributed by atoms with van der Waals surface area (Å²) in [5.74, 6) is 0. The average molecular weight is 247 g/mol. The number of carbonyl (C=O) groups is 2. The van der Waals surface area contributed by atoms with Crippen molar-refractivity contribution in [1.82, 2.24) is 9.80 Å². The van der Waals surface area contributed by atoms with Crippen molar-refractivity contribution in [2.75, 3.05) is 18.9 Å². The molecule has 1 N–H and O–H groups in total. The normalized spacial score (nSPS) is 19.3. The van der Waals surface area contributed by atoms with Crippen LogP contribution in [-0.2, 0) is 0 Å². The van der Waals surface area contributed by atoms with E-state index in [2.05, 4.69) is 5.32 Å². The highest BCUT2D eigenvalue weighted by Gasteiger charge is 2.35. The highest BCUT2D eigenvalue weighted by Crippen LogP contribution is 2.17. The first-order chi connectivity index (χ1) is 8.50. The van der Waals surface area contributed by atoms with Crippen molar-refractivity contribution in [2.24, 2.45) is 0 Å². The SMILES string of the molecule is Cc1ccccc1NC(=O)N1CC(C)N(C)C1=O. The Hall–Kier alpha value is -2.04. The Morgan fingerprint density at radius 2 is 2.06 bits per heavy atom. The van der Waals surface area contributed by atoms with E-state index in [4.69, 9.17) is 0 Å². The van der Waals surface area contributed by atoms with Gasteiger partial charge in [0.2, 0.25) is 0 Å². The fourth-order valence-corrected chi connectivity index (χ4v) is 1.91. The number of hydrogen-bond donors (Lipinski definition) is 1. The third-order valence-electron chi connectivity index (χ3n) is 3.27. The maximum atomic E-state index is 12.0. The lowest BCUT2D eigenvalue weighted by Crippen LogP contribution is -2.38. The molecule has 1 unspecified atom stereocenters. The average Bonchev–Trinajstić information content (AvgIpc) is 2.60. The predicted molar refractivity (Wildman–Crippen MR) is 69.5 cm³/mol. The number of nitrogens with zero attached hydrogens (tertiary/aromatic N) is 2. The van der Waals surface area contributed by atoms with Gasteiger partial charge < -0.3 is 10.2 Å². The Morgan fingerprint density at radius 1 is 1.39 bits per heavy atom. The van der Waals surface area contributed by atoms with E-state index >= 15 is 0 Å². The lowest BCUT2D eigenvalue weighted by Gasteiger charge is -2.16. The first kappa shape index (κ1) is 12.4. The highest BCUT2D eigenvalue weighted by molar-refractivity contribution is 6.02. The molecule has 1 aromatic carbocycles. The third-order valence-corrected chi connectivity index (χ3v) is 3.27. The van der Waals surface area contributed by atoms with Gasteiger partial charge in [0.15, 0.2) is 0 Å². The molecule has 1 atom stereocenters. The molecule has 5 nitrogen and oxygen atoms in total. The zero-order valence-electron chi connectivity index (χ0n) is 10.8. The number of nitrogens with one attached hydrogen (secondary N) is 1. The minimum atomic E-state index is -0.370. The van der Waals surface area contributed by atoms with E-state index < -0.39 is 0 Å². The van der Waals surface area contributed by atoms with Gasteiger partial charge in [-0.05, 0) is 25.5 Å². The maximum Gasteiger partial charge on any atom is 0.330 e. The Morgan fingerprint density at radius 3 is 2.61 bits per heavy atom. The van der Waals surface area contributed by atoms with Crippen molar-refractivity contribution in [3.63, 3.8) is 0 Å². The van der Waals surface area contributed by atoms with E-state index in [-0.39, 0.29) is 18.1 Å². The summed E-state index contributed by atoms with van der Waals surface area (Å²) in [7, 11) is 1.70. The van der Waals surface area contributed by atoms with Crippen LogP contribution in [0, 0.1) is 6.92 Å². The largest absolute Gasteiger partial charge is 0.330 e. The summed E-state index contributed by atoms with van der Waals surface area (Å²) in [5, 5.41) is 2.76. The molecule has 1 saturated heterocycles. The first-order valence-corrected chi connectivity index (χ1v) is 5.91. The van der Waals surface area contributed by atoms with Crippen LogP contribution in [0.2, 0.25) is 0 Å². The second-order valence-corrected chi connectivity index (χ2v) is 4.60. The van der Waals surface area contributed by atoms with Gasteiger partial charge in [-0.1, -0.05) is 18.2 Å². The standard InChI is InChI=1S/C13H17N3O2/c1-9-6-4-5-7-11(9)14-12(17)16-8-10(2)15(3)13(16)18/h4-7,10H,8H2,1-3H3,(H,14,17). The molecular formula is C13H17N3O2. The van der Waals surface area contributed by atoms with Crippen molar-refractivity contribution < 1.29 is 9.59 Å². The lowest BCUT2D eigenvalue weighted by molar-refractivity contribution is 0.194. The fraction of sp³-hybridized carbons (Fsp3) is 0.385. The van der Waals surface area contributed by atoms with Gasteiger partial charge in [-0.3, -0.25) is 0 Å². The molecule has 1 aliphatic heterocycles. The zero-order valence-corrected chi connectivity index (χ0v) is 10.8. The van der Waals surface area contributed by atoms with E-state index in [0.717, 1.165) is 11.3 Å². The monoisotopic (exact) mass is 247 g/mol. The van der Waals surface area contributed by atoms with E-state index in [1.807, 2.05) is 38.1 Å². The van der Waals surface area contributed by atoms with Gasteiger partial charge in [-0.2, -0.15) is 0 Å². The number of hydrogen-bond acceptors (Lipinski definition) is 2. The van der Waals surface area contributed by atoms with Crippen LogP contribution in [0.1, 0.15) is 12.5 Å². The van der Waals surface area contributed by atoms with Gasteiger partial charge in [0.05, 0.1) is 6.54 Å². The van der Waals surface area contributed by atoms with Gasteiger partial charge in [0.25, 0.3) is 0 Å². The highest BCUT2D eigenvalue weighted by atomic mass is 16.2. The van der Waals surface area contributed by atoms with Crippen molar-refractivity contribution in [1.29, 1.82) is 0 Å². The Labute approximate surface area is 106 Å². The molecule has 0 aromatic heterocycles. The first-order valence-electron chi connectivity index (χ1n) is 5.91. The molecule has 5 heteroatoms. The third kappa shape index (κ3) is 2.16. The smallest absolute Gasteiger partial charge is 0.323 e. The van der Waals surface area contributed by atoms with Gasteiger partial charge in [0, 0.05) is 18.8 Å². The fourth-order valence-electron chi connectivity index (χ4n) is 1.91. The molecule has 18 heavy (non-hydrogen) atoms. The van der Waals surface area contributed by atoms with Gasteiger partial charge in [-0.15, -0.1) is 0 Å². The van der Waals surface area contributed by atoms with Gasteiger partial charge in [-0.25, -0.2) is 14.5 Å². The second kappa shape index (κ2) is 4.68. The number of carbonyl (C=O) groups excluding carboxylic acids is 2. The minimum absolute atomic E-state index is 0.0557. The van der Waals surface area contributed by atoms with Crippen LogP contribution in [-0.4, -0.2) is 41.5 Å². The van der Waals surface area contributed by atoms with Crippen LogP contribution in [0.15, 0.2) is 24.3 Å². The van der Waals surface area contributed by atoms with Crippen LogP contribution in [0.4, 0.5) is 15.3 Å². The Kier molecular flexibility index (Phi) is 3.23. The molecule has 96 valence electrons. The number of aryl methyl sites for hydroxylation is 1. The number of benzene rings is 1. The number of rotatable bonds is 1. The van der Waals surface area contributed by atoms with E-state index in [9.17, 15) is 9.59 Å². The summed E-state index contributed by atoms with van der Waals surface area (Å²) in [5.41, 5.74) is 1.71. The quantitative estimate of drug-likeness (QED) is 0.827. The van der Waals surface area contributed by atoms with Gasteiger partial charge >= 0.3 is 12.1 Å². The summed E-state index contributed by atoms with van der Waals surface area (Å²) < 4.78 is 0. The molecule has 0 aliphatic carbocycles. The zero-order chi connectivity index (χ0) is 13.3. The van der Waals surface area contributed by atoms with E-state index in [1.165, 1.54) is 4.90 Å². The lowest BCUT2D eigenvalue weighted by atomic mass is 10.2. The summed E-state index contributed by atoms with van der Waals surface area (Å²) >= 11 is 0. The second-order valence-electron chi connectivity index (χ2n) is 4.60. The Balaban J connectivity index is 2.10. The molecule has 1 heterocycles.